The molecule has 0 radical (unpaired) electrons. The summed E-state index contributed by atoms with van der Waals surface area (Å²) >= 11 is 1.56. The van der Waals surface area contributed by atoms with E-state index in [1.54, 1.807) is 35.6 Å². The molecule has 0 aliphatic heterocycles. The summed E-state index contributed by atoms with van der Waals surface area (Å²) in [5, 5.41) is 31.4. The van der Waals surface area contributed by atoms with Crippen molar-refractivity contribution in [2.24, 2.45) is 0 Å². The number of aromatic nitrogens is 2. The second-order valence-electron chi connectivity index (χ2n) is 4.51. The van der Waals surface area contributed by atoms with Gasteiger partial charge in [-0.15, -0.1) is 11.3 Å². The zero-order chi connectivity index (χ0) is 16.2. The fraction of sp³-hybridized carbons (Fsp3) is 0. The summed E-state index contributed by atoms with van der Waals surface area (Å²) in [4.78, 5) is 5.44. The van der Waals surface area contributed by atoms with Gasteiger partial charge >= 0.3 is 0 Å². The van der Waals surface area contributed by atoms with Crippen molar-refractivity contribution in [2.75, 3.05) is 5.32 Å². The molecule has 0 saturated carbocycles. The van der Waals surface area contributed by atoms with Crippen molar-refractivity contribution in [3.8, 4) is 29.5 Å². The van der Waals surface area contributed by atoms with Gasteiger partial charge in [0.25, 0.3) is 0 Å². The molecule has 7 heteroatoms. The van der Waals surface area contributed by atoms with Gasteiger partial charge in [0.1, 0.15) is 23.9 Å². The molecular formula is C16H8N6S. The molecule has 0 atom stereocenters. The van der Waals surface area contributed by atoms with Crippen molar-refractivity contribution in [1.29, 1.82) is 15.8 Å². The lowest BCUT2D eigenvalue weighted by atomic mass is 10.1. The molecule has 0 fully saturated rings. The Kier molecular flexibility index (Phi) is 3.76. The maximum Gasteiger partial charge on any atom is 0.194 e. The van der Waals surface area contributed by atoms with Crippen molar-refractivity contribution >= 4 is 22.0 Å². The van der Waals surface area contributed by atoms with Gasteiger partial charge in [0.15, 0.2) is 10.5 Å². The third-order valence-corrected chi connectivity index (χ3v) is 3.90. The van der Waals surface area contributed by atoms with Gasteiger partial charge in [0.05, 0.1) is 5.69 Å². The van der Waals surface area contributed by atoms with E-state index in [4.69, 9.17) is 15.8 Å². The molecule has 1 aromatic carbocycles. The second kappa shape index (κ2) is 6.03. The average Bonchev–Trinajstić information content (AvgIpc) is 3.17. The van der Waals surface area contributed by atoms with E-state index in [0.29, 0.717) is 5.69 Å². The van der Waals surface area contributed by atoms with Crippen LogP contribution in [0.5, 0.6) is 0 Å². The van der Waals surface area contributed by atoms with Gasteiger partial charge in [0.2, 0.25) is 0 Å². The number of imidazole rings is 1. The molecule has 2 aromatic heterocycles. The van der Waals surface area contributed by atoms with E-state index in [1.807, 2.05) is 40.4 Å². The molecule has 1 N–H and O–H groups in total. The maximum atomic E-state index is 9.03. The number of fused-ring (bicyclic) bond motifs is 1. The molecule has 2 heterocycles. The third kappa shape index (κ3) is 2.75. The SMILES string of the molecule is N#CC(C#N)=C(C#N)Nc1ccc(-c2cn3ccsc3n2)cc1. The molecule has 6 nitrogen and oxygen atoms in total. The number of benzene rings is 1. The van der Waals surface area contributed by atoms with Gasteiger partial charge in [-0.25, -0.2) is 4.98 Å². The van der Waals surface area contributed by atoms with Crippen LogP contribution in [-0.4, -0.2) is 9.38 Å². The summed E-state index contributed by atoms with van der Waals surface area (Å²) in [7, 11) is 0. The predicted molar refractivity (Wildman–Crippen MR) is 86.0 cm³/mol. The number of nitrogens with zero attached hydrogens (tertiary/aromatic N) is 5. The quantitative estimate of drug-likeness (QED) is 0.747. The molecule has 0 aliphatic carbocycles. The number of hydrogen-bond acceptors (Lipinski definition) is 6. The molecule has 0 spiro atoms. The minimum absolute atomic E-state index is 0.0646. The number of anilines is 1. The zero-order valence-electron chi connectivity index (χ0n) is 11.7. The largest absolute Gasteiger partial charge is 0.345 e. The van der Waals surface area contributed by atoms with Gasteiger partial charge < -0.3 is 5.32 Å². The zero-order valence-corrected chi connectivity index (χ0v) is 12.5. The highest BCUT2D eigenvalue weighted by molar-refractivity contribution is 7.15. The Bertz CT molecular complexity index is 973. The van der Waals surface area contributed by atoms with E-state index in [0.717, 1.165) is 16.2 Å². The Morgan fingerprint density at radius 1 is 1.09 bits per heavy atom. The van der Waals surface area contributed by atoms with Crippen LogP contribution in [0, 0.1) is 34.0 Å². The fourth-order valence-corrected chi connectivity index (χ4v) is 2.72. The second-order valence-corrected chi connectivity index (χ2v) is 5.38. The third-order valence-electron chi connectivity index (χ3n) is 3.13. The van der Waals surface area contributed by atoms with Crippen LogP contribution in [-0.2, 0) is 0 Å². The fourth-order valence-electron chi connectivity index (χ4n) is 2.02. The molecule has 0 bridgehead atoms. The first-order chi connectivity index (χ1) is 11.2. The summed E-state index contributed by atoms with van der Waals surface area (Å²) < 4.78 is 1.95. The number of nitriles is 3. The molecule has 108 valence electrons. The summed E-state index contributed by atoms with van der Waals surface area (Å²) in [5.41, 5.74) is 2.11. The van der Waals surface area contributed by atoms with Crippen LogP contribution in [0.3, 0.4) is 0 Å². The van der Waals surface area contributed by atoms with Crippen LogP contribution in [0.1, 0.15) is 0 Å². The lowest BCUT2D eigenvalue weighted by Crippen LogP contribution is -2.00. The first-order valence-corrected chi connectivity index (χ1v) is 7.37. The van der Waals surface area contributed by atoms with Crippen molar-refractivity contribution in [3.05, 3.63) is 53.3 Å². The van der Waals surface area contributed by atoms with E-state index in [2.05, 4.69) is 10.3 Å². The Balaban J connectivity index is 1.87. The van der Waals surface area contributed by atoms with Crippen molar-refractivity contribution < 1.29 is 0 Å². The van der Waals surface area contributed by atoms with Crippen LogP contribution >= 0.6 is 11.3 Å². The molecule has 0 unspecified atom stereocenters. The highest BCUT2D eigenvalue weighted by Crippen LogP contribution is 2.23. The minimum Gasteiger partial charge on any atom is -0.345 e. The highest BCUT2D eigenvalue weighted by Gasteiger charge is 2.08. The number of thiazole rings is 1. The topological polar surface area (TPSA) is 101 Å². The summed E-state index contributed by atoms with van der Waals surface area (Å²) in [6, 6.07) is 12.5. The van der Waals surface area contributed by atoms with Gasteiger partial charge in [-0.1, -0.05) is 12.1 Å². The molecule has 0 saturated heterocycles. The van der Waals surface area contributed by atoms with Gasteiger partial charge in [-0.05, 0) is 12.1 Å². The van der Waals surface area contributed by atoms with Crippen LogP contribution < -0.4 is 5.32 Å². The monoisotopic (exact) mass is 316 g/mol. The summed E-state index contributed by atoms with van der Waals surface area (Å²) in [6.45, 7) is 0. The van der Waals surface area contributed by atoms with Crippen molar-refractivity contribution in [1.82, 2.24) is 9.38 Å². The predicted octanol–water partition coefficient (Wildman–Crippen LogP) is 3.30. The van der Waals surface area contributed by atoms with E-state index in [1.165, 1.54) is 0 Å². The molecule has 3 rings (SSSR count). The molecule has 23 heavy (non-hydrogen) atoms. The maximum absolute atomic E-state index is 9.03. The van der Waals surface area contributed by atoms with E-state index >= 15 is 0 Å². The number of allylic oxidation sites excluding steroid dienone is 2. The Morgan fingerprint density at radius 3 is 2.43 bits per heavy atom. The number of nitrogens with one attached hydrogen (secondary N) is 1. The Hall–Kier alpha value is -3.60. The van der Waals surface area contributed by atoms with E-state index < -0.39 is 0 Å². The van der Waals surface area contributed by atoms with E-state index in [-0.39, 0.29) is 11.3 Å². The van der Waals surface area contributed by atoms with Crippen molar-refractivity contribution in [3.63, 3.8) is 0 Å². The smallest absolute Gasteiger partial charge is 0.194 e. The number of hydrogen-bond donors (Lipinski definition) is 1. The standard InChI is InChI=1S/C16H8N6S/c17-7-12(8-18)14(9-19)20-13-3-1-11(2-4-13)15-10-22-5-6-23-16(22)21-15/h1-6,10,20H. The van der Waals surface area contributed by atoms with Gasteiger partial charge in [0, 0.05) is 29.0 Å². The molecule has 0 amide bonds. The normalized spacial score (nSPS) is 9.61. The van der Waals surface area contributed by atoms with Gasteiger partial charge in [-0.3, -0.25) is 4.40 Å². The van der Waals surface area contributed by atoms with Crippen LogP contribution in [0.25, 0.3) is 16.2 Å². The average molecular weight is 316 g/mol. The van der Waals surface area contributed by atoms with Crippen LogP contribution in [0.15, 0.2) is 53.3 Å². The van der Waals surface area contributed by atoms with Crippen molar-refractivity contribution in [2.45, 2.75) is 0 Å². The Labute approximate surface area is 135 Å². The van der Waals surface area contributed by atoms with Gasteiger partial charge in [-0.2, -0.15) is 15.8 Å². The lowest BCUT2D eigenvalue weighted by molar-refractivity contribution is 1.23. The van der Waals surface area contributed by atoms with Crippen LogP contribution in [0.2, 0.25) is 0 Å². The molecule has 3 aromatic rings. The Morgan fingerprint density at radius 2 is 1.83 bits per heavy atom. The first kappa shape index (κ1) is 14.3. The van der Waals surface area contributed by atoms with Crippen LogP contribution in [0.4, 0.5) is 5.69 Å². The van der Waals surface area contributed by atoms with E-state index in [9.17, 15) is 0 Å². The molecular weight excluding hydrogens is 308 g/mol. The molecule has 0 aliphatic rings. The summed E-state index contributed by atoms with van der Waals surface area (Å²) in [6.07, 6.45) is 3.89. The summed E-state index contributed by atoms with van der Waals surface area (Å²) in [5.74, 6) is 0. The highest BCUT2D eigenvalue weighted by atomic mass is 32.1. The first-order valence-electron chi connectivity index (χ1n) is 6.49. The lowest BCUT2D eigenvalue weighted by Gasteiger charge is -2.05. The minimum atomic E-state index is -0.245. The number of rotatable bonds is 3.